The van der Waals surface area contributed by atoms with Crippen LogP contribution < -0.4 is 4.74 Å². The molecular formula is C21H19N5O3. The van der Waals surface area contributed by atoms with Crippen molar-refractivity contribution in [3.8, 4) is 17.1 Å². The lowest BCUT2D eigenvalue weighted by Crippen LogP contribution is -2.58. The van der Waals surface area contributed by atoms with Gasteiger partial charge in [0, 0.05) is 48.9 Å². The number of fused-ring (bicyclic) bond motifs is 2. The quantitative estimate of drug-likeness (QED) is 0.635. The van der Waals surface area contributed by atoms with Crippen LogP contribution in [-0.2, 0) is 17.0 Å². The maximum Gasteiger partial charge on any atom is 0.272 e. The molecule has 0 radical (unpaired) electrons. The number of nitrogens with zero attached hydrogens (tertiary/aromatic N) is 5. The van der Waals surface area contributed by atoms with E-state index in [-0.39, 0.29) is 5.91 Å². The predicted octanol–water partition coefficient (Wildman–Crippen LogP) is 1.73. The van der Waals surface area contributed by atoms with Gasteiger partial charge in [-0.25, -0.2) is 4.98 Å². The zero-order valence-electron chi connectivity index (χ0n) is 15.9. The number of rotatable bonds is 4. The van der Waals surface area contributed by atoms with Crippen molar-refractivity contribution in [1.29, 1.82) is 0 Å². The number of amides is 2. The maximum atomic E-state index is 13.4. The minimum absolute atomic E-state index is 0.112. The Bertz CT molecular complexity index is 1080. The standard InChI is InChI=1S/C21H19N5O3/c1-29-19-6-5-16(11-23-19)21-13-24-12-15(17-4-2-3-7-22-17)10-18(24)20(28)26(21)9-8-25(21)14-27/h2-7,10-12,14H,8-9,13H2,1H3. The Morgan fingerprint density at radius 1 is 1.17 bits per heavy atom. The van der Waals surface area contributed by atoms with Crippen molar-refractivity contribution in [1.82, 2.24) is 24.3 Å². The average molecular weight is 389 g/mol. The van der Waals surface area contributed by atoms with Crippen LogP contribution in [0.1, 0.15) is 16.1 Å². The largest absolute Gasteiger partial charge is 0.481 e. The van der Waals surface area contributed by atoms with Gasteiger partial charge in [-0.3, -0.25) is 14.6 Å². The molecule has 5 rings (SSSR count). The van der Waals surface area contributed by atoms with E-state index in [2.05, 4.69) is 9.97 Å². The van der Waals surface area contributed by atoms with Crippen LogP contribution in [0.4, 0.5) is 0 Å². The molecule has 3 aromatic rings. The summed E-state index contributed by atoms with van der Waals surface area (Å²) in [5.74, 6) is 0.368. The second-order valence-corrected chi connectivity index (χ2v) is 7.12. The fourth-order valence-corrected chi connectivity index (χ4v) is 4.34. The molecule has 2 aliphatic heterocycles. The molecule has 3 aromatic heterocycles. The molecule has 0 aliphatic carbocycles. The molecule has 146 valence electrons. The summed E-state index contributed by atoms with van der Waals surface area (Å²) in [6.07, 6.45) is 6.14. The lowest BCUT2D eigenvalue weighted by Gasteiger charge is -2.45. The SMILES string of the molecule is COc1ccc(C23Cn4cc(-c5ccccn5)cc4C(=O)N2CCN3C=O)cn1. The van der Waals surface area contributed by atoms with Gasteiger partial charge in [-0.2, -0.15) is 0 Å². The van der Waals surface area contributed by atoms with Crippen LogP contribution in [0.2, 0.25) is 0 Å². The van der Waals surface area contributed by atoms with Crippen LogP contribution >= 0.6 is 0 Å². The molecule has 1 saturated heterocycles. The van der Waals surface area contributed by atoms with E-state index < -0.39 is 5.66 Å². The topological polar surface area (TPSA) is 80.6 Å². The molecule has 1 fully saturated rings. The van der Waals surface area contributed by atoms with Crippen molar-refractivity contribution in [2.75, 3.05) is 20.2 Å². The second kappa shape index (κ2) is 6.44. The molecule has 29 heavy (non-hydrogen) atoms. The van der Waals surface area contributed by atoms with E-state index in [1.54, 1.807) is 35.4 Å². The van der Waals surface area contributed by atoms with Crippen molar-refractivity contribution in [3.63, 3.8) is 0 Å². The second-order valence-electron chi connectivity index (χ2n) is 7.12. The van der Waals surface area contributed by atoms with Crippen LogP contribution in [0, 0.1) is 0 Å². The number of methoxy groups -OCH3 is 1. The van der Waals surface area contributed by atoms with E-state index in [9.17, 15) is 9.59 Å². The number of pyridine rings is 2. The summed E-state index contributed by atoms with van der Waals surface area (Å²) in [7, 11) is 1.55. The normalized spacial score (nSPS) is 20.4. The number of hydrogen-bond acceptors (Lipinski definition) is 5. The molecular weight excluding hydrogens is 370 g/mol. The third-order valence-electron chi connectivity index (χ3n) is 5.73. The van der Waals surface area contributed by atoms with Crippen molar-refractivity contribution in [2.45, 2.75) is 12.2 Å². The first kappa shape index (κ1) is 17.4. The van der Waals surface area contributed by atoms with Gasteiger partial charge in [0.1, 0.15) is 5.69 Å². The van der Waals surface area contributed by atoms with E-state index in [0.29, 0.717) is 31.2 Å². The monoisotopic (exact) mass is 389 g/mol. The number of aromatic nitrogens is 3. The lowest BCUT2D eigenvalue weighted by atomic mass is 9.96. The maximum absolute atomic E-state index is 13.4. The lowest BCUT2D eigenvalue weighted by molar-refractivity contribution is -0.126. The van der Waals surface area contributed by atoms with Gasteiger partial charge < -0.3 is 19.1 Å². The summed E-state index contributed by atoms with van der Waals surface area (Å²) < 4.78 is 7.07. The van der Waals surface area contributed by atoms with Gasteiger partial charge in [-0.05, 0) is 24.3 Å². The van der Waals surface area contributed by atoms with Crippen LogP contribution in [0.5, 0.6) is 5.88 Å². The minimum Gasteiger partial charge on any atom is -0.481 e. The zero-order valence-corrected chi connectivity index (χ0v) is 15.9. The Morgan fingerprint density at radius 3 is 2.76 bits per heavy atom. The fourth-order valence-electron chi connectivity index (χ4n) is 4.34. The molecule has 0 spiro atoms. The molecule has 8 nitrogen and oxygen atoms in total. The van der Waals surface area contributed by atoms with Gasteiger partial charge in [-0.15, -0.1) is 0 Å². The molecule has 0 aromatic carbocycles. The van der Waals surface area contributed by atoms with E-state index in [0.717, 1.165) is 23.2 Å². The van der Waals surface area contributed by atoms with Crippen molar-refractivity contribution in [3.05, 3.63) is 66.2 Å². The summed E-state index contributed by atoms with van der Waals surface area (Å²) in [5, 5.41) is 0. The molecule has 2 aliphatic rings. The van der Waals surface area contributed by atoms with Crippen molar-refractivity contribution >= 4 is 12.3 Å². The van der Waals surface area contributed by atoms with Crippen LogP contribution in [0.3, 0.4) is 0 Å². The number of ether oxygens (including phenoxy) is 1. The summed E-state index contributed by atoms with van der Waals surface area (Å²) in [4.78, 5) is 37.5. The average Bonchev–Trinajstić information content (AvgIpc) is 3.37. The van der Waals surface area contributed by atoms with Crippen LogP contribution in [0.25, 0.3) is 11.3 Å². The first-order valence-electron chi connectivity index (χ1n) is 9.33. The molecule has 0 N–H and O–H groups in total. The Hall–Kier alpha value is -3.68. The first-order valence-corrected chi connectivity index (χ1v) is 9.33. The van der Waals surface area contributed by atoms with E-state index in [1.807, 2.05) is 41.1 Å². The molecule has 0 bridgehead atoms. The predicted molar refractivity (Wildman–Crippen MR) is 104 cm³/mol. The van der Waals surface area contributed by atoms with Gasteiger partial charge in [-0.1, -0.05) is 6.07 Å². The molecule has 8 heteroatoms. The van der Waals surface area contributed by atoms with Gasteiger partial charge in [0.2, 0.25) is 12.3 Å². The summed E-state index contributed by atoms with van der Waals surface area (Å²) >= 11 is 0. The van der Waals surface area contributed by atoms with E-state index >= 15 is 0 Å². The van der Waals surface area contributed by atoms with Gasteiger partial charge in [0.25, 0.3) is 5.91 Å². The highest BCUT2D eigenvalue weighted by molar-refractivity contribution is 5.96. The summed E-state index contributed by atoms with van der Waals surface area (Å²) in [6.45, 7) is 1.36. The number of carbonyl (C=O) groups is 2. The Balaban J connectivity index is 1.64. The van der Waals surface area contributed by atoms with E-state index in [1.165, 1.54) is 0 Å². The summed E-state index contributed by atoms with van der Waals surface area (Å²) in [6, 6.07) is 11.2. The minimum atomic E-state index is -0.911. The zero-order chi connectivity index (χ0) is 20.0. The molecule has 0 saturated carbocycles. The third kappa shape index (κ3) is 2.45. The Kier molecular flexibility index (Phi) is 3.87. The smallest absolute Gasteiger partial charge is 0.272 e. The Morgan fingerprint density at radius 2 is 2.07 bits per heavy atom. The van der Waals surface area contributed by atoms with Gasteiger partial charge >= 0.3 is 0 Å². The molecule has 5 heterocycles. The number of carbonyl (C=O) groups excluding carboxylic acids is 2. The number of hydrogen-bond donors (Lipinski definition) is 0. The third-order valence-corrected chi connectivity index (χ3v) is 5.73. The molecule has 2 amide bonds. The highest BCUT2D eigenvalue weighted by Crippen LogP contribution is 2.42. The van der Waals surface area contributed by atoms with Crippen LogP contribution in [-0.4, -0.2) is 56.9 Å². The highest BCUT2D eigenvalue weighted by atomic mass is 16.5. The van der Waals surface area contributed by atoms with Crippen molar-refractivity contribution < 1.29 is 14.3 Å². The first-order chi connectivity index (χ1) is 14.2. The van der Waals surface area contributed by atoms with Gasteiger partial charge in [0.05, 0.1) is 19.3 Å². The molecule has 1 atom stereocenters. The van der Waals surface area contributed by atoms with Crippen molar-refractivity contribution in [2.24, 2.45) is 0 Å². The van der Waals surface area contributed by atoms with E-state index in [4.69, 9.17) is 4.74 Å². The Labute approximate surface area is 167 Å². The fraction of sp³-hybridized carbons (Fsp3) is 0.238. The van der Waals surface area contributed by atoms with Gasteiger partial charge in [0.15, 0.2) is 5.66 Å². The van der Waals surface area contributed by atoms with Crippen LogP contribution in [0.15, 0.2) is 55.0 Å². The highest BCUT2D eigenvalue weighted by Gasteiger charge is 2.54. The summed E-state index contributed by atoms with van der Waals surface area (Å²) in [5.41, 5.74) is 2.13. The molecule has 1 unspecified atom stereocenters.